The highest BCUT2D eigenvalue weighted by atomic mass is 19.1. The predicted molar refractivity (Wildman–Crippen MR) is 84.7 cm³/mol. The van der Waals surface area contributed by atoms with Crippen molar-refractivity contribution in [2.24, 2.45) is 0 Å². The number of rotatable bonds is 4. The maximum Gasteiger partial charge on any atom is 0.270 e. The SMILES string of the molecule is COc1ccc(Cn2cnc3ccc([N+](=O)[O-])cc3c2=O)cc1F. The highest BCUT2D eigenvalue weighted by molar-refractivity contribution is 5.79. The number of methoxy groups -OCH3 is 1. The summed E-state index contributed by atoms with van der Waals surface area (Å²) in [5.74, 6) is -0.425. The van der Waals surface area contributed by atoms with Gasteiger partial charge in [0.25, 0.3) is 11.2 Å². The van der Waals surface area contributed by atoms with Gasteiger partial charge in [0.15, 0.2) is 11.6 Å². The second-order valence-electron chi connectivity index (χ2n) is 5.11. The molecule has 1 aromatic heterocycles. The van der Waals surface area contributed by atoms with Crippen LogP contribution in [0, 0.1) is 15.9 Å². The Balaban J connectivity index is 2.03. The third-order valence-electron chi connectivity index (χ3n) is 3.59. The lowest BCUT2D eigenvalue weighted by Crippen LogP contribution is -2.21. The summed E-state index contributed by atoms with van der Waals surface area (Å²) >= 11 is 0. The molecule has 0 unspecified atom stereocenters. The second kappa shape index (κ2) is 6.07. The monoisotopic (exact) mass is 329 g/mol. The molecule has 122 valence electrons. The van der Waals surface area contributed by atoms with Crippen LogP contribution in [0.3, 0.4) is 0 Å². The molecule has 0 saturated heterocycles. The van der Waals surface area contributed by atoms with Crippen molar-refractivity contribution < 1.29 is 14.1 Å². The Hall–Kier alpha value is -3.29. The molecule has 0 spiro atoms. The first-order chi connectivity index (χ1) is 11.5. The molecule has 0 amide bonds. The van der Waals surface area contributed by atoms with E-state index in [0.717, 1.165) is 0 Å². The van der Waals surface area contributed by atoms with Gasteiger partial charge in [-0.15, -0.1) is 0 Å². The minimum Gasteiger partial charge on any atom is -0.494 e. The van der Waals surface area contributed by atoms with Crippen LogP contribution in [-0.4, -0.2) is 21.6 Å². The van der Waals surface area contributed by atoms with Gasteiger partial charge in [0.1, 0.15) is 0 Å². The largest absolute Gasteiger partial charge is 0.494 e. The molecule has 8 heteroatoms. The standard InChI is InChI=1S/C16H12FN3O4/c1-24-15-5-2-10(6-13(15)17)8-19-9-18-14-4-3-11(20(22)23)7-12(14)16(19)21/h2-7,9H,8H2,1H3. The molecule has 0 bridgehead atoms. The van der Waals surface area contributed by atoms with E-state index in [1.54, 1.807) is 6.07 Å². The fourth-order valence-corrected chi connectivity index (χ4v) is 2.38. The van der Waals surface area contributed by atoms with Gasteiger partial charge >= 0.3 is 0 Å². The Labute approximate surface area is 135 Å². The molecule has 3 aromatic rings. The van der Waals surface area contributed by atoms with Gasteiger partial charge in [-0.3, -0.25) is 19.5 Å². The van der Waals surface area contributed by atoms with Crippen molar-refractivity contribution in [3.8, 4) is 5.75 Å². The van der Waals surface area contributed by atoms with Crippen LogP contribution in [0.2, 0.25) is 0 Å². The van der Waals surface area contributed by atoms with E-state index in [4.69, 9.17) is 4.74 Å². The molecule has 1 heterocycles. The van der Waals surface area contributed by atoms with Crippen LogP contribution < -0.4 is 10.3 Å². The van der Waals surface area contributed by atoms with Crippen LogP contribution in [-0.2, 0) is 6.54 Å². The van der Waals surface area contributed by atoms with Crippen LogP contribution >= 0.6 is 0 Å². The van der Waals surface area contributed by atoms with E-state index in [9.17, 15) is 19.3 Å². The summed E-state index contributed by atoms with van der Waals surface area (Å²) in [7, 11) is 1.36. The number of hydrogen-bond donors (Lipinski definition) is 0. The summed E-state index contributed by atoms with van der Waals surface area (Å²) < 4.78 is 19.9. The van der Waals surface area contributed by atoms with Crippen LogP contribution in [0.5, 0.6) is 5.75 Å². The van der Waals surface area contributed by atoms with Crippen LogP contribution in [0.15, 0.2) is 47.5 Å². The van der Waals surface area contributed by atoms with E-state index in [1.807, 2.05) is 0 Å². The highest BCUT2D eigenvalue weighted by Crippen LogP contribution is 2.19. The third kappa shape index (κ3) is 2.81. The van der Waals surface area contributed by atoms with E-state index in [-0.39, 0.29) is 23.4 Å². The number of nitro benzene ring substituents is 1. The molecule has 0 saturated carbocycles. The van der Waals surface area contributed by atoms with Crippen LogP contribution in [0.4, 0.5) is 10.1 Å². The number of aromatic nitrogens is 2. The third-order valence-corrected chi connectivity index (χ3v) is 3.59. The molecule has 0 fully saturated rings. The van der Waals surface area contributed by atoms with E-state index in [0.29, 0.717) is 11.1 Å². The molecule has 0 radical (unpaired) electrons. The van der Waals surface area contributed by atoms with Gasteiger partial charge in [0, 0.05) is 12.1 Å². The number of ether oxygens (including phenoxy) is 1. The molecule has 0 atom stereocenters. The van der Waals surface area contributed by atoms with Crippen LogP contribution in [0.25, 0.3) is 10.9 Å². The van der Waals surface area contributed by atoms with Gasteiger partial charge in [-0.25, -0.2) is 9.37 Å². The summed E-state index contributed by atoms with van der Waals surface area (Å²) in [5, 5.41) is 11.0. The Morgan fingerprint density at radius 3 is 2.75 bits per heavy atom. The Bertz CT molecular complexity index is 1000. The Kier molecular flexibility index (Phi) is 3.95. The Morgan fingerprint density at radius 2 is 2.08 bits per heavy atom. The zero-order valence-corrected chi connectivity index (χ0v) is 12.6. The smallest absolute Gasteiger partial charge is 0.270 e. The lowest BCUT2D eigenvalue weighted by atomic mass is 10.2. The lowest BCUT2D eigenvalue weighted by Gasteiger charge is -2.08. The number of hydrogen-bond acceptors (Lipinski definition) is 5. The van der Waals surface area contributed by atoms with Crippen molar-refractivity contribution in [3.63, 3.8) is 0 Å². The van der Waals surface area contributed by atoms with Crippen molar-refractivity contribution >= 4 is 16.6 Å². The average molecular weight is 329 g/mol. The van der Waals surface area contributed by atoms with Crippen molar-refractivity contribution in [1.29, 1.82) is 0 Å². The van der Waals surface area contributed by atoms with Crippen molar-refractivity contribution in [3.05, 3.63) is 74.6 Å². The number of nitrogens with zero attached hydrogens (tertiary/aromatic N) is 3. The van der Waals surface area contributed by atoms with Gasteiger partial charge in [-0.05, 0) is 23.8 Å². The summed E-state index contributed by atoms with van der Waals surface area (Å²) in [6, 6.07) is 8.27. The lowest BCUT2D eigenvalue weighted by molar-refractivity contribution is -0.384. The number of fused-ring (bicyclic) bond motifs is 1. The number of benzene rings is 2. The number of nitro groups is 1. The molecule has 0 aliphatic carbocycles. The zero-order chi connectivity index (χ0) is 17.3. The topological polar surface area (TPSA) is 87.3 Å². The summed E-state index contributed by atoms with van der Waals surface area (Å²) in [5.41, 5.74) is 0.291. The average Bonchev–Trinajstić information content (AvgIpc) is 2.57. The molecule has 2 aromatic carbocycles. The van der Waals surface area contributed by atoms with Gasteiger partial charge in [0.05, 0.1) is 35.8 Å². The predicted octanol–water partition coefficient (Wildman–Crippen LogP) is 2.50. The van der Waals surface area contributed by atoms with Crippen LogP contribution in [0.1, 0.15) is 5.56 Å². The maximum atomic E-state index is 13.7. The van der Waals surface area contributed by atoms with Gasteiger partial charge < -0.3 is 4.74 Å². The zero-order valence-electron chi connectivity index (χ0n) is 12.6. The normalized spacial score (nSPS) is 10.8. The summed E-state index contributed by atoms with van der Waals surface area (Å²) in [6.07, 6.45) is 1.33. The van der Waals surface area contributed by atoms with Crippen molar-refractivity contribution in [2.75, 3.05) is 7.11 Å². The van der Waals surface area contributed by atoms with Gasteiger partial charge in [-0.1, -0.05) is 6.07 Å². The first-order valence-electron chi connectivity index (χ1n) is 6.95. The number of halogens is 1. The molecular formula is C16H12FN3O4. The first-order valence-corrected chi connectivity index (χ1v) is 6.95. The van der Waals surface area contributed by atoms with E-state index in [1.165, 1.54) is 48.3 Å². The van der Waals surface area contributed by atoms with Crippen molar-refractivity contribution in [1.82, 2.24) is 9.55 Å². The molecule has 0 aliphatic rings. The second-order valence-corrected chi connectivity index (χ2v) is 5.11. The quantitative estimate of drug-likeness (QED) is 0.542. The fraction of sp³-hybridized carbons (Fsp3) is 0.125. The summed E-state index contributed by atoms with van der Waals surface area (Å²) in [6.45, 7) is 0.0887. The number of non-ortho nitro benzene ring substituents is 1. The molecule has 3 rings (SSSR count). The van der Waals surface area contributed by atoms with E-state index >= 15 is 0 Å². The highest BCUT2D eigenvalue weighted by Gasteiger charge is 2.11. The van der Waals surface area contributed by atoms with E-state index in [2.05, 4.69) is 4.98 Å². The van der Waals surface area contributed by atoms with Gasteiger partial charge in [-0.2, -0.15) is 0 Å². The van der Waals surface area contributed by atoms with Crippen molar-refractivity contribution in [2.45, 2.75) is 6.54 Å². The molecule has 24 heavy (non-hydrogen) atoms. The minimum atomic E-state index is -0.574. The first kappa shape index (κ1) is 15.6. The maximum absolute atomic E-state index is 13.7. The Morgan fingerprint density at radius 1 is 1.29 bits per heavy atom. The molecular weight excluding hydrogens is 317 g/mol. The minimum absolute atomic E-state index is 0.0887. The molecule has 0 N–H and O–H groups in total. The summed E-state index contributed by atoms with van der Waals surface area (Å²) in [4.78, 5) is 26.9. The van der Waals surface area contributed by atoms with Gasteiger partial charge in [0.2, 0.25) is 0 Å². The molecule has 7 nitrogen and oxygen atoms in total. The molecule has 0 aliphatic heterocycles. The fourth-order valence-electron chi connectivity index (χ4n) is 2.38. The van der Waals surface area contributed by atoms with E-state index < -0.39 is 16.3 Å².